The molecule has 3 fully saturated rings. The number of piperazine rings is 1. The molecule has 0 amide bonds. The SMILES string of the molecule is Cc1cc(N2CC3CC(C2)N3S(=O)(=O)c2ccc(C)c(C)c2)nc(C)n1. The van der Waals surface area contributed by atoms with Crippen molar-refractivity contribution in [3.8, 4) is 0 Å². The van der Waals surface area contributed by atoms with Crippen molar-refractivity contribution in [3.05, 3.63) is 46.9 Å². The standard InChI is InChI=1S/C19H24N4O2S/c1-12-5-6-18(7-13(12)2)26(24,25)23-16-9-17(23)11-22(10-16)19-8-14(3)20-15(4)21-19/h5-8,16-17H,9-11H2,1-4H3. The van der Waals surface area contributed by atoms with Gasteiger partial charge in [0.2, 0.25) is 10.0 Å². The van der Waals surface area contributed by atoms with Gasteiger partial charge >= 0.3 is 0 Å². The zero-order chi connectivity index (χ0) is 18.6. The average molecular weight is 372 g/mol. The zero-order valence-electron chi connectivity index (χ0n) is 15.6. The highest BCUT2D eigenvalue weighted by Crippen LogP contribution is 2.39. The molecule has 26 heavy (non-hydrogen) atoms. The monoisotopic (exact) mass is 372 g/mol. The van der Waals surface area contributed by atoms with Crippen molar-refractivity contribution in [1.82, 2.24) is 14.3 Å². The maximum Gasteiger partial charge on any atom is 0.243 e. The third kappa shape index (κ3) is 2.79. The molecular weight excluding hydrogens is 348 g/mol. The van der Waals surface area contributed by atoms with Gasteiger partial charge in [0, 0.05) is 36.9 Å². The lowest BCUT2D eigenvalue weighted by Crippen LogP contribution is -2.70. The molecule has 1 aromatic heterocycles. The van der Waals surface area contributed by atoms with Gasteiger partial charge in [-0.25, -0.2) is 18.4 Å². The van der Waals surface area contributed by atoms with Gasteiger partial charge in [0.05, 0.1) is 4.90 Å². The Morgan fingerprint density at radius 1 is 0.962 bits per heavy atom. The molecule has 0 spiro atoms. The predicted octanol–water partition coefficient (Wildman–Crippen LogP) is 2.36. The molecule has 4 heterocycles. The van der Waals surface area contributed by atoms with E-state index in [0.717, 1.165) is 34.9 Å². The van der Waals surface area contributed by atoms with Crippen LogP contribution in [0.15, 0.2) is 29.2 Å². The first-order chi connectivity index (χ1) is 12.3. The Hall–Kier alpha value is -1.99. The van der Waals surface area contributed by atoms with Crippen LogP contribution >= 0.6 is 0 Å². The van der Waals surface area contributed by atoms with E-state index >= 15 is 0 Å². The van der Waals surface area contributed by atoms with Gasteiger partial charge < -0.3 is 4.90 Å². The van der Waals surface area contributed by atoms with Crippen molar-refractivity contribution < 1.29 is 8.42 Å². The Bertz CT molecular complexity index is 941. The van der Waals surface area contributed by atoms with Gasteiger partial charge in [-0.2, -0.15) is 4.31 Å². The van der Waals surface area contributed by atoms with E-state index in [0.29, 0.717) is 18.0 Å². The summed E-state index contributed by atoms with van der Waals surface area (Å²) in [5.41, 5.74) is 3.05. The predicted molar refractivity (Wildman–Crippen MR) is 101 cm³/mol. The first-order valence-electron chi connectivity index (χ1n) is 8.94. The van der Waals surface area contributed by atoms with E-state index in [9.17, 15) is 8.42 Å². The smallest absolute Gasteiger partial charge is 0.243 e. The summed E-state index contributed by atoms with van der Waals surface area (Å²) in [5.74, 6) is 1.65. The highest BCUT2D eigenvalue weighted by atomic mass is 32.2. The van der Waals surface area contributed by atoms with E-state index in [4.69, 9.17) is 0 Å². The molecule has 3 saturated heterocycles. The summed E-state index contributed by atoms with van der Waals surface area (Å²) in [5, 5.41) is 0. The van der Waals surface area contributed by atoms with E-state index in [1.54, 1.807) is 16.4 Å². The molecule has 0 radical (unpaired) electrons. The van der Waals surface area contributed by atoms with E-state index in [1.165, 1.54) is 0 Å². The molecule has 138 valence electrons. The molecule has 1 aromatic carbocycles. The molecule has 2 aromatic rings. The van der Waals surface area contributed by atoms with Crippen LogP contribution in [0.5, 0.6) is 0 Å². The molecule has 0 aliphatic carbocycles. The summed E-state index contributed by atoms with van der Waals surface area (Å²) < 4.78 is 28.0. The van der Waals surface area contributed by atoms with Gasteiger partial charge in [-0.1, -0.05) is 6.07 Å². The second kappa shape index (κ2) is 6.03. The van der Waals surface area contributed by atoms with Gasteiger partial charge in [0.1, 0.15) is 11.6 Å². The fourth-order valence-electron chi connectivity index (χ4n) is 4.01. The van der Waals surface area contributed by atoms with E-state index in [2.05, 4.69) is 14.9 Å². The number of aromatic nitrogens is 2. The molecule has 2 unspecified atom stereocenters. The zero-order valence-corrected chi connectivity index (χ0v) is 16.4. The maximum absolute atomic E-state index is 13.1. The summed E-state index contributed by atoms with van der Waals surface area (Å²) in [6, 6.07) is 7.39. The minimum absolute atomic E-state index is 0.0101. The van der Waals surface area contributed by atoms with Crippen LogP contribution in [0.4, 0.5) is 5.82 Å². The van der Waals surface area contributed by atoms with E-state index < -0.39 is 10.0 Å². The third-order valence-electron chi connectivity index (χ3n) is 5.46. The fourth-order valence-corrected chi connectivity index (χ4v) is 5.91. The number of aryl methyl sites for hydroxylation is 4. The lowest BCUT2D eigenvalue weighted by molar-refractivity contribution is 0.0874. The van der Waals surface area contributed by atoms with Gasteiger partial charge in [-0.15, -0.1) is 0 Å². The summed E-state index contributed by atoms with van der Waals surface area (Å²) in [7, 11) is -3.45. The van der Waals surface area contributed by atoms with Gasteiger partial charge in [-0.05, 0) is 57.4 Å². The van der Waals surface area contributed by atoms with Crippen LogP contribution in [0.3, 0.4) is 0 Å². The highest BCUT2D eigenvalue weighted by Gasteiger charge is 2.51. The number of anilines is 1. The summed E-state index contributed by atoms with van der Waals surface area (Å²) in [6.45, 7) is 9.14. The van der Waals surface area contributed by atoms with E-state index in [-0.39, 0.29) is 12.1 Å². The molecule has 2 atom stereocenters. The van der Waals surface area contributed by atoms with Crippen LogP contribution in [-0.2, 0) is 10.0 Å². The summed E-state index contributed by atoms with van der Waals surface area (Å²) >= 11 is 0. The average Bonchev–Trinajstić information content (AvgIpc) is 2.56. The van der Waals surface area contributed by atoms with Gasteiger partial charge in [-0.3, -0.25) is 0 Å². The Morgan fingerprint density at radius 2 is 1.65 bits per heavy atom. The quantitative estimate of drug-likeness (QED) is 0.827. The minimum Gasteiger partial charge on any atom is -0.353 e. The van der Waals surface area contributed by atoms with Crippen LogP contribution in [0.1, 0.15) is 29.1 Å². The van der Waals surface area contributed by atoms with Crippen LogP contribution in [0.2, 0.25) is 0 Å². The molecular formula is C19H24N4O2S. The molecule has 5 rings (SSSR count). The number of hydrogen-bond donors (Lipinski definition) is 0. The fraction of sp³-hybridized carbons (Fsp3) is 0.474. The first-order valence-corrected chi connectivity index (χ1v) is 10.4. The van der Waals surface area contributed by atoms with E-state index in [1.807, 2.05) is 39.8 Å². The number of fused-ring (bicyclic) bond motifs is 2. The van der Waals surface area contributed by atoms with Gasteiger partial charge in [0.15, 0.2) is 0 Å². The summed E-state index contributed by atoms with van der Waals surface area (Å²) in [6.07, 6.45) is 0.920. The lowest BCUT2D eigenvalue weighted by Gasteiger charge is -2.55. The van der Waals surface area contributed by atoms with Crippen LogP contribution in [0, 0.1) is 27.7 Å². The highest BCUT2D eigenvalue weighted by molar-refractivity contribution is 7.89. The minimum atomic E-state index is -3.45. The Morgan fingerprint density at radius 3 is 2.27 bits per heavy atom. The van der Waals surface area contributed by atoms with Crippen molar-refractivity contribution in [2.75, 3.05) is 18.0 Å². The van der Waals surface area contributed by atoms with Crippen LogP contribution in [-0.4, -0.2) is 47.9 Å². The second-order valence-corrected chi connectivity index (χ2v) is 9.29. The van der Waals surface area contributed by atoms with Crippen molar-refractivity contribution >= 4 is 15.8 Å². The first kappa shape index (κ1) is 17.4. The Labute approximate surface area is 154 Å². The summed E-state index contributed by atoms with van der Waals surface area (Å²) in [4.78, 5) is 11.4. The maximum atomic E-state index is 13.1. The number of rotatable bonds is 3. The third-order valence-corrected chi connectivity index (χ3v) is 7.46. The van der Waals surface area contributed by atoms with Crippen LogP contribution in [0.25, 0.3) is 0 Å². The van der Waals surface area contributed by atoms with Gasteiger partial charge in [0.25, 0.3) is 0 Å². The molecule has 7 heteroatoms. The lowest BCUT2D eigenvalue weighted by atomic mass is 9.91. The van der Waals surface area contributed by atoms with Crippen LogP contribution < -0.4 is 4.90 Å². The number of benzene rings is 1. The molecule has 2 bridgehead atoms. The normalized spacial score (nSPS) is 23.0. The van der Waals surface area contributed by atoms with Crippen molar-refractivity contribution in [2.45, 2.75) is 51.1 Å². The number of piperidine rings is 1. The number of nitrogens with zero attached hydrogens (tertiary/aromatic N) is 4. The van der Waals surface area contributed by atoms with Crippen molar-refractivity contribution in [1.29, 1.82) is 0 Å². The number of hydrogen-bond acceptors (Lipinski definition) is 5. The van der Waals surface area contributed by atoms with Crippen molar-refractivity contribution in [3.63, 3.8) is 0 Å². The molecule has 3 aliphatic heterocycles. The van der Waals surface area contributed by atoms with Crippen molar-refractivity contribution in [2.24, 2.45) is 0 Å². The topological polar surface area (TPSA) is 66.4 Å². The largest absolute Gasteiger partial charge is 0.353 e. The molecule has 0 N–H and O–H groups in total. The molecule has 3 aliphatic rings. The number of sulfonamides is 1. The Kier molecular flexibility index (Phi) is 4.04. The Balaban J connectivity index is 1.58. The second-order valence-electron chi connectivity index (χ2n) is 7.44. The molecule has 6 nitrogen and oxygen atoms in total. The molecule has 0 saturated carbocycles.